The Kier molecular flexibility index (Phi) is 7.83. The lowest BCUT2D eigenvalue weighted by atomic mass is 10.0. The molecule has 0 fully saturated rings. The molecule has 1 aromatic carbocycles. The van der Waals surface area contributed by atoms with Crippen LogP contribution in [-0.2, 0) is 19.4 Å². The monoisotopic (exact) mass is 367 g/mol. The molecule has 0 saturated heterocycles. The first kappa shape index (κ1) is 20.9. The van der Waals surface area contributed by atoms with E-state index in [1.807, 2.05) is 24.3 Å². The number of amides is 1. The molecule has 1 aromatic rings. The highest BCUT2D eigenvalue weighted by Gasteiger charge is 2.21. The third-order valence-electron chi connectivity index (χ3n) is 3.80. The number of carbonyl (C=O) groups excluding carboxylic acids is 1. The van der Waals surface area contributed by atoms with Gasteiger partial charge in [0, 0.05) is 11.8 Å². The summed E-state index contributed by atoms with van der Waals surface area (Å²) in [4.78, 5) is 23.1. The van der Waals surface area contributed by atoms with Gasteiger partial charge in [-0.15, -0.1) is 0 Å². The summed E-state index contributed by atoms with van der Waals surface area (Å²) in [6, 6.07) is 6.46. The Morgan fingerprint density at radius 2 is 1.80 bits per heavy atom. The van der Waals surface area contributed by atoms with E-state index < -0.39 is 27.8 Å². The topological polar surface area (TPSA) is 101 Å². The molecule has 1 unspecified atom stereocenters. The van der Waals surface area contributed by atoms with Gasteiger partial charge in [0.05, 0.1) is 5.75 Å². The summed E-state index contributed by atoms with van der Waals surface area (Å²) in [5, 5.41) is 11.4. The zero-order valence-corrected chi connectivity index (χ0v) is 15.5. The molecule has 138 valence electrons. The van der Waals surface area contributed by atoms with Gasteiger partial charge in [0.15, 0.2) is 0 Å². The summed E-state index contributed by atoms with van der Waals surface area (Å²) < 4.78 is 23.0. The second-order valence-corrected chi connectivity index (χ2v) is 8.55. The van der Waals surface area contributed by atoms with E-state index in [0.717, 1.165) is 5.56 Å². The predicted octanol–water partition coefficient (Wildman–Crippen LogP) is 2.22. The lowest BCUT2D eigenvalue weighted by Crippen LogP contribution is -2.41. The number of carbonyl (C=O) groups is 2. The van der Waals surface area contributed by atoms with E-state index >= 15 is 0 Å². The highest BCUT2D eigenvalue weighted by atomic mass is 32.2. The Labute approximate surface area is 148 Å². The molecule has 0 saturated carbocycles. The highest BCUT2D eigenvalue weighted by Crippen LogP contribution is 2.15. The van der Waals surface area contributed by atoms with Crippen LogP contribution in [0.25, 0.3) is 6.08 Å². The number of sulfone groups is 1. The third kappa shape index (κ3) is 7.51. The number of carboxylic acid groups (broad SMARTS) is 1. The van der Waals surface area contributed by atoms with E-state index in [2.05, 4.69) is 19.2 Å². The average Bonchev–Trinajstić information content (AvgIpc) is 2.56. The minimum absolute atomic E-state index is 0.0560. The summed E-state index contributed by atoms with van der Waals surface area (Å²) in [6.45, 7) is 5.67. The zero-order chi connectivity index (χ0) is 19.0. The average molecular weight is 367 g/mol. The molecule has 0 heterocycles. The first-order chi connectivity index (χ1) is 11.6. The summed E-state index contributed by atoms with van der Waals surface area (Å²) in [6.07, 6.45) is 2.67. The van der Waals surface area contributed by atoms with E-state index in [9.17, 15) is 18.0 Å². The molecule has 1 amide bonds. The van der Waals surface area contributed by atoms with Gasteiger partial charge in [-0.25, -0.2) is 13.2 Å². The lowest BCUT2D eigenvalue weighted by Gasteiger charge is -2.13. The van der Waals surface area contributed by atoms with E-state index in [4.69, 9.17) is 5.11 Å². The fourth-order valence-corrected chi connectivity index (χ4v) is 2.97. The Bertz CT molecular complexity index is 720. The maximum atomic E-state index is 11.9. The van der Waals surface area contributed by atoms with Crippen LogP contribution in [0.3, 0.4) is 0 Å². The minimum Gasteiger partial charge on any atom is -0.480 e. The number of hydrogen-bond acceptors (Lipinski definition) is 4. The van der Waals surface area contributed by atoms with Crippen molar-refractivity contribution in [3.8, 4) is 0 Å². The number of carboxylic acids is 1. The second-order valence-electron chi connectivity index (χ2n) is 6.08. The second kappa shape index (κ2) is 9.36. The molecule has 7 heteroatoms. The Balaban J connectivity index is 2.66. The molecule has 0 aromatic heterocycles. The molecule has 1 rings (SSSR count). The van der Waals surface area contributed by atoms with Crippen molar-refractivity contribution in [1.82, 2.24) is 5.32 Å². The van der Waals surface area contributed by atoms with Crippen LogP contribution in [-0.4, -0.2) is 42.9 Å². The van der Waals surface area contributed by atoms with Crippen molar-refractivity contribution in [3.63, 3.8) is 0 Å². The number of benzene rings is 1. The molecule has 0 aliphatic heterocycles. The molecule has 0 aliphatic carbocycles. The SMILES string of the molecule is CCS(=O)(=O)CCC(NC(=O)/C=C/c1ccc(C(C)C)cc1)C(=O)O. The van der Waals surface area contributed by atoms with Crippen LogP contribution in [0.15, 0.2) is 30.3 Å². The van der Waals surface area contributed by atoms with E-state index in [1.165, 1.54) is 18.6 Å². The van der Waals surface area contributed by atoms with Gasteiger partial charge in [-0.1, -0.05) is 45.0 Å². The molecule has 25 heavy (non-hydrogen) atoms. The van der Waals surface area contributed by atoms with Crippen LogP contribution in [0.5, 0.6) is 0 Å². The first-order valence-corrected chi connectivity index (χ1v) is 9.98. The molecule has 1 atom stereocenters. The van der Waals surface area contributed by atoms with Gasteiger partial charge in [0.2, 0.25) is 5.91 Å². The number of hydrogen-bond donors (Lipinski definition) is 2. The summed E-state index contributed by atoms with van der Waals surface area (Å²) in [5.74, 6) is -1.75. The van der Waals surface area contributed by atoms with Crippen molar-refractivity contribution in [1.29, 1.82) is 0 Å². The van der Waals surface area contributed by atoms with Crippen LogP contribution in [0, 0.1) is 0 Å². The molecule has 0 spiro atoms. The van der Waals surface area contributed by atoms with E-state index in [0.29, 0.717) is 5.92 Å². The fourth-order valence-electron chi connectivity index (χ4n) is 2.08. The Hall–Kier alpha value is -2.15. The molecule has 0 radical (unpaired) electrons. The molecule has 0 bridgehead atoms. The summed E-state index contributed by atoms with van der Waals surface area (Å²) >= 11 is 0. The molecular formula is C18H25NO5S. The largest absolute Gasteiger partial charge is 0.480 e. The van der Waals surface area contributed by atoms with Gasteiger partial charge in [-0.2, -0.15) is 0 Å². The van der Waals surface area contributed by atoms with Crippen molar-refractivity contribution in [2.75, 3.05) is 11.5 Å². The van der Waals surface area contributed by atoms with Gasteiger partial charge in [-0.05, 0) is 29.5 Å². The van der Waals surface area contributed by atoms with Crippen molar-refractivity contribution in [2.24, 2.45) is 0 Å². The van der Waals surface area contributed by atoms with Crippen molar-refractivity contribution in [2.45, 2.75) is 39.2 Å². The van der Waals surface area contributed by atoms with Gasteiger partial charge >= 0.3 is 5.97 Å². The van der Waals surface area contributed by atoms with E-state index in [1.54, 1.807) is 6.08 Å². The van der Waals surface area contributed by atoms with Gasteiger partial charge in [-0.3, -0.25) is 4.79 Å². The predicted molar refractivity (Wildman–Crippen MR) is 98.1 cm³/mol. The molecule has 0 aliphatic rings. The van der Waals surface area contributed by atoms with Crippen molar-refractivity contribution >= 4 is 27.8 Å². The molecular weight excluding hydrogens is 342 g/mol. The smallest absolute Gasteiger partial charge is 0.326 e. The van der Waals surface area contributed by atoms with Crippen molar-refractivity contribution in [3.05, 3.63) is 41.5 Å². The third-order valence-corrected chi connectivity index (χ3v) is 5.54. The maximum Gasteiger partial charge on any atom is 0.326 e. The number of nitrogens with one attached hydrogen (secondary N) is 1. The number of aliphatic carboxylic acids is 1. The van der Waals surface area contributed by atoms with Gasteiger partial charge in [0.25, 0.3) is 0 Å². The van der Waals surface area contributed by atoms with Crippen LogP contribution >= 0.6 is 0 Å². The Morgan fingerprint density at radius 1 is 1.20 bits per heavy atom. The Morgan fingerprint density at radius 3 is 2.28 bits per heavy atom. The van der Waals surface area contributed by atoms with Crippen LogP contribution < -0.4 is 5.32 Å². The van der Waals surface area contributed by atoms with Crippen LogP contribution in [0.2, 0.25) is 0 Å². The first-order valence-electron chi connectivity index (χ1n) is 8.16. The summed E-state index contributed by atoms with van der Waals surface area (Å²) in [7, 11) is -3.28. The molecule has 6 nitrogen and oxygen atoms in total. The van der Waals surface area contributed by atoms with Crippen LogP contribution in [0.4, 0.5) is 0 Å². The quantitative estimate of drug-likeness (QED) is 0.652. The normalized spacial score (nSPS) is 13.1. The van der Waals surface area contributed by atoms with Gasteiger partial charge in [0.1, 0.15) is 15.9 Å². The molecule has 2 N–H and O–H groups in total. The van der Waals surface area contributed by atoms with Gasteiger partial charge < -0.3 is 10.4 Å². The summed E-state index contributed by atoms with van der Waals surface area (Å²) in [5.41, 5.74) is 2.00. The van der Waals surface area contributed by atoms with E-state index in [-0.39, 0.29) is 17.9 Å². The lowest BCUT2D eigenvalue weighted by molar-refractivity contribution is -0.141. The standard InChI is InChI=1S/C18H25NO5S/c1-4-25(23,24)12-11-16(18(21)22)19-17(20)10-7-14-5-8-15(9-6-14)13(2)3/h5-10,13,16H,4,11-12H2,1-3H3,(H,19,20)(H,21,22)/b10-7+. The van der Waals surface area contributed by atoms with Crippen LogP contribution in [0.1, 0.15) is 44.2 Å². The highest BCUT2D eigenvalue weighted by molar-refractivity contribution is 7.91. The fraction of sp³-hybridized carbons (Fsp3) is 0.444. The number of rotatable bonds is 9. The zero-order valence-electron chi connectivity index (χ0n) is 14.7. The minimum atomic E-state index is -3.28. The maximum absolute atomic E-state index is 11.9. The van der Waals surface area contributed by atoms with Crippen molar-refractivity contribution < 1.29 is 23.1 Å².